The maximum atomic E-state index is 12.6. The molecule has 0 bridgehead atoms. The lowest BCUT2D eigenvalue weighted by molar-refractivity contribution is -0.123. The summed E-state index contributed by atoms with van der Waals surface area (Å²) in [6, 6.07) is 16.0. The van der Waals surface area contributed by atoms with E-state index in [2.05, 4.69) is 11.4 Å². The van der Waals surface area contributed by atoms with Crippen molar-refractivity contribution in [3.63, 3.8) is 0 Å². The molecule has 0 aromatic heterocycles. The summed E-state index contributed by atoms with van der Waals surface area (Å²) >= 11 is 0. The standard InChI is InChI=1S/C19H22N2O.ClH/c1-13(14-6-3-2-4-7-14)19(22)21-18-9-5-8-15-12-16(20)10-11-17(15)18;/h2-4,6-7,10-13,18H,5,8-9,20H2,1H3,(H,21,22);1H. The van der Waals surface area contributed by atoms with Crippen molar-refractivity contribution >= 4 is 24.0 Å². The Hall–Kier alpha value is -2.00. The quantitative estimate of drug-likeness (QED) is 0.836. The van der Waals surface area contributed by atoms with Crippen molar-refractivity contribution in [3.05, 3.63) is 65.2 Å². The number of nitrogens with one attached hydrogen (secondary N) is 1. The highest BCUT2D eigenvalue weighted by atomic mass is 35.5. The van der Waals surface area contributed by atoms with Crippen LogP contribution in [0.1, 0.15) is 48.4 Å². The average molecular weight is 331 g/mol. The number of nitrogen functional groups attached to an aromatic ring is 1. The van der Waals surface area contributed by atoms with E-state index < -0.39 is 0 Å². The first-order chi connectivity index (χ1) is 10.6. The van der Waals surface area contributed by atoms with E-state index in [4.69, 9.17) is 5.73 Å². The topological polar surface area (TPSA) is 55.1 Å². The van der Waals surface area contributed by atoms with Gasteiger partial charge in [0.25, 0.3) is 0 Å². The van der Waals surface area contributed by atoms with Gasteiger partial charge in [-0.1, -0.05) is 36.4 Å². The van der Waals surface area contributed by atoms with Crippen LogP contribution in [0.5, 0.6) is 0 Å². The summed E-state index contributed by atoms with van der Waals surface area (Å²) in [4.78, 5) is 12.6. The summed E-state index contributed by atoms with van der Waals surface area (Å²) in [6.45, 7) is 1.96. The summed E-state index contributed by atoms with van der Waals surface area (Å²) in [5, 5.41) is 3.21. The van der Waals surface area contributed by atoms with Crippen molar-refractivity contribution in [1.82, 2.24) is 5.32 Å². The molecule has 0 saturated heterocycles. The predicted octanol–water partition coefficient (Wildman–Crippen LogP) is 3.99. The van der Waals surface area contributed by atoms with Gasteiger partial charge in [0.2, 0.25) is 5.91 Å². The minimum Gasteiger partial charge on any atom is -0.399 e. The smallest absolute Gasteiger partial charge is 0.227 e. The van der Waals surface area contributed by atoms with Crippen LogP contribution in [0.25, 0.3) is 0 Å². The van der Waals surface area contributed by atoms with E-state index in [1.807, 2.05) is 49.4 Å². The lowest BCUT2D eigenvalue weighted by Crippen LogP contribution is -2.33. The minimum atomic E-state index is -0.139. The second kappa shape index (κ2) is 7.51. The third kappa shape index (κ3) is 3.85. The molecule has 0 saturated carbocycles. The SMILES string of the molecule is CC(C(=O)NC1CCCc2cc(N)ccc21)c1ccccc1.Cl. The maximum absolute atomic E-state index is 12.6. The molecule has 3 rings (SSSR count). The Labute approximate surface area is 143 Å². The van der Waals surface area contributed by atoms with Crippen LogP contribution in [0.15, 0.2) is 48.5 Å². The molecule has 3 N–H and O–H groups in total. The van der Waals surface area contributed by atoms with Gasteiger partial charge in [-0.15, -0.1) is 12.4 Å². The summed E-state index contributed by atoms with van der Waals surface area (Å²) in [6.07, 6.45) is 3.12. The second-order valence-electron chi connectivity index (χ2n) is 6.04. The number of hydrogen-bond donors (Lipinski definition) is 2. The fourth-order valence-corrected chi connectivity index (χ4v) is 3.17. The summed E-state index contributed by atoms with van der Waals surface area (Å²) < 4.78 is 0. The van der Waals surface area contributed by atoms with Gasteiger partial charge >= 0.3 is 0 Å². The molecule has 0 heterocycles. The van der Waals surface area contributed by atoms with Gasteiger partial charge in [0.05, 0.1) is 12.0 Å². The fourth-order valence-electron chi connectivity index (χ4n) is 3.17. The summed E-state index contributed by atoms with van der Waals surface area (Å²) in [5.74, 6) is -0.0544. The predicted molar refractivity (Wildman–Crippen MR) is 96.8 cm³/mol. The molecule has 2 aromatic carbocycles. The average Bonchev–Trinajstić information content (AvgIpc) is 2.55. The zero-order valence-corrected chi connectivity index (χ0v) is 14.1. The van der Waals surface area contributed by atoms with E-state index in [0.29, 0.717) is 0 Å². The van der Waals surface area contributed by atoms with Crippen LogP contribution in [0.2, 0.25) is 0 Å². The summed E-state index contributed by atoms with van der Waals surface area (Å²) in [5.41, 5.74) is 10.2. The number of hydrogen-bond acceptors (Lipinski definition) is 2. The van der Waals surface area contributed by atoms with E-state index in [9.17, 15) is 4.79 Å². The highest BCUT2D eigenvalue weighted by Gasteiger charge is 2.24. The highest BCUT2D eigenvalue weighted by molar-refractivity contribution is 5.85. The van der Waals surface area contributed by atoms with Gasteiger partial charge in [-0.05, 0) is 55.0 Å². The molecule has 1 amide bonds. The Balaban J connectivity index is 0.00000192. The minimum absolute atomic E-state index is 0. The van der Waals surface area contributed by atoms with Gasteiger partial charge in [0.1, 0.15) is 0 Å². The molecule has 4 heteroatoms. The Morgan fingerprint density at radius 2 is 1.96 bits per heavy atom. The maximum Gasteiger partial charge on any atom is 0.227 e. The molecule has 2 unspecified atom stereocenters. The van der Waals surface area contributed by atoms with Gasteiger partial charge in [-0.3, -0.25) is 4.79 Å². The zero-order chi connectivity index (χ0) is 15.5. The van der Waals surface area contributed by atoms with Gasteiger partial charge in [-0.25, -0.2) is 0 Å². The number of benzene rings is 2. The second-order valence-corrected chi connectivity index (χ2v) is 6.04. The van der Waals surface area contributed by atoms with Crippen molar-refractivity contribution in [2.45, 2.75) is 38.1 Å². The Morgan fingerprint density at radius 1 is 1.22 bits per heavy atom. The number of rotatable bonds is 3. The molecule has 3 nitrogen and oxygen atoms in total. The number of aryl methyl sites for hydroxylation is 1. The lowest BCUT2D eigenvalue weighted by atomic mass is 9.87. The van der Waals surface area contributed by atoms with E-state index in [1.54, 1.807) is 0 Å². The van der Waals surface area contributed by atoms with Crippen molar-refractivity contribution in [2.75, 3.05) is 5.73 Å². The van der Waals surface area contributed by atoms with Crippen LogP contribution in [0, 0.1) is 0 Å². The highest BCUT2D eigenvalue weighted by Crippen LogP contribution is 2.31. The van der Waals surface area contributed by atoms with Crippen LogP contribution in [-0.2, 0) is 11.2 Å². The molecule has 0 fully saturated rings. The monoisotopic (exact) mass is 330 g/mol. The molecule has 1 aliphatic carbocycles. The van der Waals surface area contributed by atoms with Crippen molar-refractivity contribution in [2.24, 2.45) is 0 Å². The van der Waals surface area contributed by atoms with Gasteiger partial charge in [-0.2, -0.15) is 0 Å². The Bertz CT molecular complexity index is 672. The van der Waals surface area contributed by atoms with Crippen molar-refractivity contribution < 1.29 is 4.79 Å². The first-order valence-electron chi connectivity index (χ1n) is 7.89. The number of carbonyl (C=O) groups excluding carboxylic acids is 1. The lowest BCUT2D eigenvalue weighted by Gasteiger charge is -2.28. The van der Waals surface area contributed by atoms with Gasteiger partial charge in [0.15, 0.2) is 0 Å². The molecular weight excluding hydrogens is 308 g/mol. The molecule has 0 radical (unpaired) electrons. The van der Waals surface area contributed by atoms with Crippen LogP contribution in [0.4, 0.5) is 5.69 Å². The molecule has 23 heavy (non-hydrogen) atoms. The number of amides is 1. The van der Waals surface area contributed by atoms with E-state index in [-0.39, 0.29) is 30.3 Å². The molecule has 0 spiro atoms. The molecule has 2 aromatic rings. The Morgan fingerprint density at radius 3 is 2.70 bits per heavy atom. The third-order valence-corrected chi connectivity index (χ3v) is 4.49. The summed E-state index contributed by atoms with van der Waals surface area (Å²) in [7, 11) is 0. The first kappa shape index (κ1) is 17.4. The van der Waals surface area contributed by atoms with Crippen LogP contribution >= 0.6 is 12.4 Å². The molecular formula is C19H23ClN2O. The normalized spacial score (nSPS) is 17.5. The van der Waals surface area contributed by atoms with Crippen LogP contribution < -0.4 is 11.1 Å². The first-order valence-corrected chi connectivity index (χ1v) is 7.89. The third-order valence-electron chi connectivity index (χ3n) is 4.49. The Kier molecular flexibility index (Phi) is 5.67. The zero-order valence-electron chi connectivity index (χ0n) is 13.3. The number of fused-ring (bicyclic) bond motifs is 1. The van der Waals surface area contributed by atoms with Gasteiger partial charge < -0.3 is 11.1 Å². The van der Waals surface area contributed by atoms with Gasteiger partial charge in [0, 0.05) is 5.69 Å². The fraction of sp³-hybridized carbons (Fsp3) is 0.316. The van der Waals surface area contributed by atoms with E-state index in [1.165, 1.54) is 11.1 Å². The van der Waals surface area contributed by atoms with E-state index in [0.717, 1.165) is 30.5 Å². The van der Waals surface area contributed by atoms with Crippen LogP contribution in [0.3, 0.4) is 0 Å². The number of halogens is 1. The largest absolute Gasteiger partial charge is 0.399 e. The molecule has 122 valence electrons. The van der Waals surface area contributed by atoms with Crippen molar-refractivity contribution in [3.8, 4) is 0 Å². The molecule has 1 aliphatic rings. The number of carbonyl (C=O) groups is 1. The van der Waals surface area contributed by atoms with E-state index >= 15 is 0 Å². The van der Waals surface area contributed by atoms with Crippen molar-refractivity contribution in [1.29, 1.82) is 0 Å². The molecule has 0 aliphatic heterocycles. The molecule has 2 atom stereocenters. The van der Waals surface area contributed by atoms with Crippen LogP contribution in [-0.4, -0.2) is 5.91 Å². The number of anilines is 1. The number of nitrogens with two attached hydrogens (primary N) is 1.